The Labute approximate surface area is 128 Å². The molecule has 1 saturated heterocycles. The van der Waals surface area contributed by atoms with Crippen LogP contribution in [0.4, 0.5) is 15.9 Å². The molecule has 0 saturated carbocycles. The minimum absolute atomic E-state index is 0.154. The van der Waals surface area contributed by atoms with Crippen molar-refractivity contribution in [3.63, 3.8) is 0 Å². The van der Waals surface area contributed by atoms with E-state index in [0.717, 1.165) is 31.6 Å². The molecule has 22 heavy (non-hydrogen) atoms. The van der Waals surface area contributed by atoms with Crippen molar-refractivity contribution in [1.29, 1.82) is 5.26 Å². The van der Waals surface area contributed by atoms with E-state index in [0.29, 0.717) is 11.5 Å². The average molecular weight is 297 g/mol. The van der Waals surface area contributed by atoms with Gasteiger partial charge in [0.2, 0.25) is 0 Å². The average Bonchev–Trinajstić information content (AvgIpc) is 2.56. The van der Waals surface area contributed by atoms with Crippen molar-refractivity contribution in [3.8, 4) is 6.07 Å². The molecule has 0 unspecified atom stereocenters. The quantitative estimate of drug-likeness (QED) is 0.943. The number of rotatable bonds is 3. The summed E-state index contributed by atoms with van der Waals surface area (Å²) in [4.78, 5) is 10.3. The highest BCUT2D eigenvalue weighted by Crippen LogP contribution is 2.22. The lowest BCUT2D eigenvalue weighted by atomic mass is 10.0. The summed E-state index contributed by atoms with van der Waals surface area (Å²) in [5.74, 6) is 0.282. The second kappa shape index (κ2) is 6.39. The van der Waals surface area contributed by atoms with Gasteiger partial charge >= 0.3 is 0 Å². The number of hydrogen-bond donors (Lipinski definition) is 1. The third-order valence-electron chi connectivity index (χ3n) is 3.74. The van der Waals surface area contributed by atoms with Gasteiger partial charge in [-0.2, -0.15) is 5.26 Å². The normalized spacial score (nSPS) is 17.8. The van der Waals surface area contributed by atoms with Gasteiger partial charge < -0.3 is 10.2 Å². The van der Waals surface area contributed by atoms with Crippen LogP contribution in [0.15, 0.2) is 36.7 Å². The van der Waals surface area contributed by atoms with Gasteiger partial charge in [-0.1, -0.05) is 6.07 Å². The highest BCUT2D eigenvalue weighted by atomic mass is 19.1. The monoisotopic (exact) mass is 297 g/mol. The van der Waals surface area contributed by atoms with Crippen LogP contribution in [0.1, 0.15) is 18.5 Å². The van der Waals surface area contributed by atoms with Crippen LogP contribution in [0.5, 0.6) is 0 Å². The fourth-order valence-corrected chi connectivity index (χ4v) is 2.72. The number of halogens is 1. The number of piperidine rings is 1. The zero-order chi connectivity index (χ0) is 15.4. The van der Waals surface area contributed by atoms with Crippen LogP contribution in [0.2, 0.25) is 0 Å². The van der Waals surface area contributed by atoms with Crippen LogP contribution in [0, 0.1) is 17.1 Å². The molecule has 3 rings (SSSR count). The molecular weight excluding hydrogens is 281 g/mol. The lowest BCUT2D eigenvalue weighted by Crippen LogP contribution is -2.42. The van der Waals surface area contributed by atoms with E-state index < -0.39 is 0 Å². The Kier molecular flexibility index (Phi) is 4.15. The van der Waals surface area contributed by atoms with E-state index in [-0.39, 0.29) is 11.9 Å². The molecule has 0 aliphatic carbocycles. The topological polar surface area (TPSA) is 64.8 Å². The summed E-state index contributed by atoms with van der Waals surface area (Å²) in [6.07, 6.45) is 5.05. The van der Waals surface area contributed by atoms with Crippen molar-refractivity contribution in [2.24, 2.45) is 0 Å². The number of nitrogens with one attached hydrogen (secondary N) is 1. The molecule has 0 amide bonds. The van der Waals surface area contributed by atoms with Crippen LogP contribution < -0.4 is 10.2 Å². The van der Waals surface area contributed by atoms with Crippen molar-refractivity contribution < 1.29 is 4.39 Å². The van der Waals surface area contributed by atoms with Crippen LogP contribution in [0.3, 0.4) is 0 Å². The Morgan fingerprint density at radius 1 is 1.32 bits per heavy atom. The smallest absolute Gasteiger partial charge is 0.182 e. The van der Waals surface area contributed by atoms with E-state index in [9.17, 15) is 4.39 Å². The fraction of sp³-hybridized carbons (Fsp3) is 0.312. The summed E-state index contributed by atoms with van der Waals surface area (Å²) >= 11 is 0. The standard InChI is InChI=1S/C16H16FN5/c17-12-3-1-5-14(9-12)22-8-2-4-13(11-22)21-16-15(10-18)19-6-7-20-16/h1,3,5-7,9,13H,2,4,8,11H2,(H,20,21)/t13-/m0/s1. The van der Waals surface area contributed by atoms with Gasteiger partial charge in [0.05, 0.1) is 0 Å². The van der Waals surface area contributed by atoms with E-state index in [1.807, 2.05) is 12.1 Å². The molecule has 2 aromatic rings. The second-order valence-corrected chi connectivity index (χ2v) is 5.27. The largest absolute Gasteiger partial charge is 0.369 e. The Morgan fingerprint density at radius 3 is 3.00 bits per heavy atom. The molecule has 0 bridgehead atoms. The number of nitriles is 1. The molecule has 1 aliphatic rings. The fourth-order valence-electron chi connectivity index (χ4n) is 2.72. The lowest BCUT2D eigenvalue weighted by Gasteiger charge is -2.35. The van der Waals surface area contributed by atoms with Gasteiger partial charge in [-0.05, 0) is 31.0 Å². The Bertz CT molecular complexity index is 697. The highest BCUT2D eigenvalue weighted by molar-refractivity contribution is 5.50. The predicted octanol–water partition coefficient (Wildman–Crippen LogP) is 2.57. The zero-order valence-corrected chi connectivity index (χ0v) is 12.0. The third kappa shape index (κ3) is 3.14. The summed E-state index contributed by atoms with van der Waals surface area (Å²) in [6, 6.07) is 8.81. The number of nitrogens with zero attached hydrogens (tertiary/aromatic N) is 4. The van der Waals surface area contributed by atoms with E-state index in [1.54, 1.807) is 18.3 Å². The van der Waals surface area contributed by atoms with Crippen LogP contribution in [0.25, 0.3) is 0 Å². The molecule has 5 nitrogen and oxygen atoms in total. The van der Waals surface area contributed by atoms with Crippen LogP contribution in [-0.2, 0) is 0 Å². The highest BCUT2D eigenvalue weighted by Gasteiger charge is 2.21. The van der Waals surface area contributed by atoms with Gasteiger partial charge in [0.1, 0.15) is 11.9 Å². The van der Waals surface area contributed by atoms with Crippen molar-refractivity contribution in [3.05, 3.63) is 48.2 Å². The molecule has 1 fully saturated rings. The molecule has 1 aromatic carbocycles. The van der Waals surface area contributed by atoms with Gasteiger partial charge in [0.25, 0.3) is 0 Å². The summed E-state index contributed by atoms with van der Waals surface area (Å²) in [6.45, 7) is 1.64. The molecule has 1 N–H and O–H groups in total. The van der Waals surface area contributed by atoms with Crippen molar-refractivity contribution >= 4 is 11.5 Å². The van der Waals surface area contributed by atoms with Gasteiger partial charge in [-0.25, -0.2) is 14.4 Å². The minimum Gasteiger partial charge on any atom is -0.369 e. The van der Waals surface area contributed by atoms with E-state index in [2.05, 4.69) is 20.2 Å². The zero-order valence-electron chi connectivity index (χ0n) is 12.0. The lowest BCUT2D eigenvalue weighted by molar-refractivity contribution is 0.527. The molecule has 1 atom stereocenters. The summed E-state index contributed by atoms with van der Waals surface area (Å²) in [5, 5.41) is 12.3. The first kappa shape index (κ1) is 14.3. The van der Waals surface area contributed by atoms with Crippen molar-refractivity contribution in [2.75, 3.05) is 23.3 Å². The summed E-state index contributed by atoms with van der Waals surface area (Å²) < 4.78 is 13.4. The maximum absolute atomic E-state index is 13.4. The molecule has 0 spiro atoms. The summed E-state index contributed by atoms with van der Waals surface area (Å²) in [5.41, 5.74) is 1.18. The Balaban J connectivity index is 1.72. The molecule has 1 aliphatic heterocycles. The molecule has 2 heterocycles. The van der Waals surface area contributed by atoms with Crippen LogP contribution in [-0.4, -0.2) is 29.1 Å². The Morgan fingerprint density at radius 2 is 2.18 bits per heavy atom. The van der Waals surface area contributed by atoms with E-state index in [4.69, 9.17) is 5.26 Å². The molecule has 1 aromatic heterocycles. The van der Waals surface area contributed by atoms with Gasteiger partial charge in [-0.3, -0.25) is 0 Å². The first-order valence-electron chi connectivity index (χ1n) is 7.24. The number of hydrogen-bond acceptors (Lipinski definition) is 5. The number of benzene rings is 1. The van der Waals surface area contributed by atoms with Crippen molar-refractivity contribution in [2.45, 2.75) is 18.9 Å². The third-order valence-corrected chi connectivity index (χ3v) is 3.74. The summed E-state index contributed by atoms with van der Waals surface area (Å²) in [7, 11) is 0. The van der Waals surface area contributed by atoms with Gasteiger partial charge in [-0.15, -0.1) is 0 Å². The van der Waals surface area contributed by atoms with E-state index in [1.165, 1.54) is 12.3 Å². The van der Waals surface area contributed by atoms with Gasteiger partial charge in [0, 0.05) is 37.2 Å². The maximum atomic E-state index is 13.4. The number of anilines is 2. The van der Waals surface area contributed by atoms with Gasteiger partial charge in [0.15, 0.2) is 11.5 Å². The Hall–Kier alpha value is -2.68. The molecular formula is C16H16FN5. The number of aromatic nitrogens is 2. The predicted molar refractivity (Wildman–Crippen MR) is 82.0 cm³/mol. The minimum atomic E-state index is -0.228. The van der Waals surface area contributed by atoms with E-state index >= 15 is 0 Å². The second-order valence-electron chi connectivity index (χ2n) is 5.27. The first-order valence-corrected chi connectivity index (χ1v) is 7.24. The molecule has 112 valence electrons. The van der Waals surface area contributed by atoms with Crippen molar-refractivity contribution in [1.82, 2.24) is 9.97 Å². The maximum Gasteiger partial charge on any atom is 0.182 e. The molecule has 0 radical (unpaired) electrons. The van der Waals surface area contributed by atoms with Crippen LogP contribution >= 0.6 is 0 Å². The SMILES string of the molecule is N#Cc1nccnc1N[C@H]1CCCN(c2cccc(F)c2)C1. The first-order chi connectivity index (χ1) is 10.8. The molecule has 6 heteroatoms.